The number of ether oxygens (including phenoxy) is 1. The van der Waals surface area contributed by atoms with Crippen LogP contribution in [0.1, 0.15) is 51.1 Å². The quantitative estimate of drug-likeness (QED) is 0.551. The maximum Gasteiger partial charge on any atom is 0.409 e. The van der Waals surface area contributed by atoms with Crippen molar-refractivity contribution in [3.63, 3.8) is 0 Å². The normalized spacial score (nSPS) is 20.7. The van der Waals surface area contributed by atoms with Crippen LogP contribution in [0.3, 0.4) is 0 Å². The van der Waals surface area contributed by atoms with E-state index in [0.29, 0.717) is 32.2 Å². The Hall–Kier alpha value is -2.28. The molecule has 3 rings (SSSR count). The molecule has 0 bridgehead atoms. The molecule has 2 aliphatic rings. The molecule has 1 amide bonds. The van der Waals surface area contributed by atoms with Crippen molar-refractivity contribution >= 4 is 12.1 Å². The molecular formula is C23H37N5O2. The average Bonchev–Trinajstić information content (AvgIpc) is 2.76. The summed E-state index contributed by atoms with van der Waals surface area (Å²) in [5, 5.41) is 3.36. The smallest absolute Gasteiger partial charge is 0.409 e. The molecule has 7 nitrogen and oxygen atoms in total. The molecule has 3 N–H and O–H groups in total. The van der Waals surface area contributed by atoms with Gasteiger partial charge in [-0.05, 0) is 57.2 Å². The first-order chi connectivity index (χ1) is 14.6. The van der Waals surface area contributed by atoms with E-state index in [-0.39, 0.29) is 18.2 Å². The number of carbonyl (C=O) groups is 1. The number of carbonyl (C=O) groups excluding carboxylic acids is 1. The molecule has 7 heteroatoms. The maximum atomic E-state index is 11.8. The van der Waals surface area contributed by atoms with E-state index in [1.807, 2.05) is 6.92 Å². The number of aliphatic imine (C=N–C) groups is 1. The van der Waals surface area contributed by atoms with Crippen LogP contribution in [-0.4, -0.2) is 67.2 Å². The summed E-state index contributed by atoms with van der Waals surface area (Å²) in [6.45, 7) is 8.81. The van der Waals surface area contributed by atoms with Gasteiger partial charge in [-0.2, -0.15) is 0 Å². The van der Waals surface area contributed by atoms with Gasteiger partial charge < -0.3 is 20.7 Å². The van der Waals surface area contributed by atoms with E-state index in [9.17, 15) is 4.79 Å². The highest BCUT2D eigenvalue weighted by Crippen LogP contribution is 2.27. The second-order valence-corrected chi connectivity index (χ2v) is 8.48. The Labute approximate surface area is 180 Å². The molecular weight excluding hydrogens is 378 g/mol. The monoisotopic (exact) mass is 415 g/mol. The lowest BCUT2D eigenvalue weighted by atomic mass is 9.96. The third kappa shape index (κ3) is 6.36. The molecule has 1 aromatic rings. The molecule has 30 heavy (non-hydrogen) atoms. The van der Waals surface area contributed by atoms with E-state index in [1.54, 1.807) is 4.90 Å². The number of guanidine groups is 1. The zero-order valence-electron chi connectivity index (χ0n) is 18.4. The third-order valence-electron chi connectivity index (χ3n) is 6.25. The van der Waals surface area contributed by atoms with Gasteiger partial charge in [0.1, 0.15) is 0 Å². The summed E-state index contributed by atoms with van der Waals surface area (Å²) >= 11 is 0. The SMILES string of the molecule is CCOC(=O)N1CCC(NC(N)=NCC(c2ccccc2)N2CCC(C)CC2)CC1. The molecule has 2 saturated heterocycles. The Morgan fingerprint density at radius 1 is 1.17 bits per heavy atom. The summed E-state index contributed by atoms with van der Waals surface area (Å²) in [6, 6.07) is 11.1. The Bertz CT molecular complexity index is 680. The lowest BCUT2D eigenvalue weighted by molar-refractivity contribution is 0.0963. The van der Waals surface area contributed by atoms with Gasteiger partial charge in [0, 0.05) is 19.1 Å². The van der Waals surface area contributed by atoms with Crippen LogP contribution in [-0.2, 0) is 4.74 Å². The van der Waals surface area contributed by atoms with Crippen LogP contribution in [0.15, 0.2) is 35.3 Å². The van der Waals surface area contributed by atoms with E-state index >= 15 is 0 Å². The second-order valence-electron chi connectivity index (χ2n) is 8.48. The Kier molecular flexibility index (Phi) is 8.37. The van der Waals surface area contributed by atoms with Crippen LogP contribution in [0.5, 0.6) is 0 Å². The number of nitrogens with two attached hydrogens (primary N) is 1. The lowest BCUT2D eigenvalue weighted by Crippen LogP contribution is -2.48. The summed E-state index contributed by atoms with van der Waals surface area (Å²) < 4.78 is 5.08. The lowest BCUT2D eigenvalue weighted by Gasteiger charge is -2.36. The van der Waals surface area contributed by atoms with Crippen molar-refractivity contribution in [3.05, 3.63) is 35.9 Å². The van der Waals surface area contributed by atoms with Gasteiger partial charge in [-0.15, -0.1) is 0 Å². The number of amides is 1. The molecule has 166 valence electrons. The van der Waals surface area contributed by atoms with Gasteiger partial charge in [0.15, 0.2) is 5.96 Å². The van der Waals surface area contributed by atoms with Crippen LogP contribution in [0.4, 0.5) is 4.79 Å². The summed E-state index contributed by atoms with van der Waals surface area (Å²) in [7, 11) is 0. The third-order valence-corrected chi connectivity index (χ3v) is 6.25. The van der Waals surface area contributed by atoms with Gasteiger partial charge >= 0.3 is 6.09 Å². The minimum atomic E-state index is -0.223. The van der Waals surface area contributed by atoms with Crippen LogP contribution in [0.25, 0.3) is 0 Å². The van der Waals surface area contributed by atoms with Crippen molar-refractivity contribution in [1.29, 1.82) is 0 Å². The predicted molar refractivity (Wildman–Crippen MR) is 120 cm³/mol. The first-order valence-electron chi connectivity index (χ1n) is 11.3. The molecule has 2 fully saturated rings. The Morgan fingerprint density at radius 2 is 1.83 bits per heavy atom. The highest BCUT2D eigenvalue weighted by atomic mass is 16.6. The zero-order valence-corrected chi connectivity index (χ0v) is 18.4. The number of benzene rings is 1. The molecule has 1 atom stereocenters. The molecule has 1 aromatic carbocycles. The average molecular weight is 416 g/mol. The van der Waals surface area contributed by atoms with Crippen molar-refractivity contribution in [2.75, 3.05) is 39.3 Å². The molecule has 2 aliphatic heterocycles. The summed E-state index contributed by atoms with van der Waals surface area (Å²) in [5.74, 6) is 1.30. The van der Waals surface area contributed by atoms with Gasteiger partial charge in [0.05, 0.1) is 19.2 Å². The largest absolute Gasteiger partial charge is 0.450 e. The molecule has 0 spiro atoms. The van der Waals surface area contributed by atoms with E-state index in [0.717, 1.165) is 31.8 Å². The Morgan fingerprint density at radius 3 is 2.47 bits per heavy atom. The minimum absolute atomic E-state index is 0.223. The fourth-order valence-electron chi connectivity index (χ4n) is 4.31. The van der Waals surface area contributed by atoms with Crippen LogP contribution >= 0.6 is 0 Å². The van der Waals surface area contributed by atoms with Crippen LogP contribution in [0, 0.1) is 5.92 Å². The molecule has 0 aliphatic carbocycles. The fraction of sp³-hybridized carbons (Fsp3) is 0.652. The van der Waals surface area contributed by atoms with Gasteiger partial charge in [-0.25, -0.2) is 4.79 Å². The number of nitrogens with one attached hydrogen (secondary N) is 1. The van der Waals surface area contributed by atoms with Gasteiger partial charge in [0.25, 0.3) is 0 Å². The van der Waals surface area contributed by atoms with Crippen LogP contribution < -0.4 is 11.1 Å². The minimum Gasteiger partial charge on any atom is -0.450 e. The highest BCUT2D eigenvalue weighted by Gasteiger charge is 2.26. The molecule has 0 radical (unpaired) electrons. The van der Waals surface area contributed by atoms with E-state index in [2.05, 4.69) is 47.5 Å². The summed E-state index contributed by atoms with van der Waals surface area (Å²) in [4.78, 5) is 20.9. The van der Waals surface area contributed by atoms with Crippen molar-refractivity contribution < 1.29 is 9.53 Å². The van der Waals surface area contributed by atoms with Gasteiger partial charge in [-0.3, -0.25) is 9.89 Å². The van der Waals surface area contributed by atoms with E-state index in [4.69, 9.17) is 15.5 Å². The number of hydrogen-bond donors (Lipinski definition) is 2. The first kappa shape index (κ1) is 22.4. The fourth-order valence-corrected chi connectivity index (χ4v) is 4.31. The summed E-state index contributed by atoms with van der Waals surface area (Å²) in [6.07, 6.45) is 3.95. The highest BCUT2D eigenvalue weighted by molar-refractivity contribution is 5.78. The van der Waals surface area contributed by atoms with Crippen molar-refractivity contribution in [3.8, 4) is 0 Å². The Balaban J connectivity index is 1.54. The topological polar surface area (TPSA) is 83.2 Å². The van der Waals surface area contributed by atoms with Crippen molar-refractivity contribution in [1.82, 2.24) is 15.1 Å². The number of likely N-dealkylation sites (tertiary alicyclic amines) is 2. The molecule has 2 heterocycles. The van der Waals surface area contributed by atoms with E-state index in [1.165, 1.54) is 18.4 Å². The standard InChI is InChI=1S/C23H37N5O2/c1-3-30-23(29)28-15-11-20(12-16-28)26-22(24)25-17-21(19-7-5-4-6-8-19)27-13-9-18(2)10-14-27/h4-8,18,20-21H,3,9-17H2,1-2H3,(H3,24,25,26). The number of piperidine rings is 2. The first-order valence-corrected chi connectivity index (χ1v) is 11.3. The number of nitrogens with zero attached hydrogens (tertiary/aromatic N) is 3. The summed E-state index contributed by atoms with van der Waals surface area (Å²) in [5.41, 5.74) is 7.54. The number of hydrogen-bond acceptors (Lipinski definition) is 4. The molecule has 0 aromatic heterocycles. The second kappa shape index (κ2) is 11.2. The number of rotatable bonds is 6. The van der Waals surface area contributed by atoms with E-state index < -0.39 is 0 Å². The van der Waals surface area contributed by atoms with Crippen LogP contribution in [0.2, 0.25) is 0 Å². The zero-order chi connectivity index (χ0) is 21.3. The van der Waals surface area contributed by atoms with Gasteiger partial charge in [0.2, 0.25) is 0 Å². The predicted octanol–water partition coefficient (Wildman–Crippen LogP) is 2.98. The molecule has 1 unspecified atom stereocenters. The van der Waals surface area contributed by atoms with Crippen molar-refractivity contribution in [2.45, 2.75) is 51.6 Å². The van der Waals surface area contributed by atoms with Crippen molar-refractivity contribution in [2.24, 2.45) is 16.6 Å². The molecule has 0 saturated carbocycles. The maximum absolute atomic E-state index is 11.8. The van der Waals surface area contributed by atoms with Gasteiger partial charge in [-0.1, -0.05) is 37.3 Å².